The van der Waals surface area contributed by atoms with Gasteiger partial charge in [0.25, 0.3) is 5.56 Å². The van der Waals surface area contributed by atoms with Gasteiger partial charge in [0.1, 0.15) is 5.69 Å². The lowest BCUT2D eigenvalue weighted by Gasteiger charge is -2.13. The molecule has 0 bridgehead atoms. The Kier molecular flexibility index (Phi) is 5.48. The molecule has 1 unspecified atom stereocenters. The number of benzene rings is 1. The third-order valence-corrected chi connectivity index (χ3v) is 3.85. The molecule has 0 radical (unpaired) electrons. The first-order valence-electron chi connectivity index (χ1n) is 7.02. The SMILES string of the molecule is CC(Cc1ccc(C(F)(F)F)cc1)C(=O)Nc1cc(Br)c[nH]c1=O. The van der Waals surface area contributed by atoms with Crippen LogP contribution >= 0.6 is 15.9 Å². The number of hydrogen-bond acceptors (Lipinski definition) is 2. The Bertz CT molecular complexity index is 785. The van der Waals surface area contributed by atoms with E-state index in [1.807, 2.05) is 0 Å². The van der Waals surface area contributed by atoms with Gasteiger partial charge in [-0.15, -0.1) is 0 Å². The molecule has 1 atom stereocenters. The number of hydrogen-bond donors (Lipinski definition) is 2. The van der Waals surface area contributed by atoms with Crippen LogP contribution in [0.25, 0.3) is 0 Å². The van der Waals surface area contributed by atoms with Gasteiger partial charge in [0.15, 0.2) is 0 Å². The van der Waals surface area contributed by atoms with Crippen molar-refractivity contribution in [1.29, 1.82) is 0 Å². The molecule has 1 aromatic heterocycles. The van der Waals surface area contributed by atoms with Gasteiger partial charge < -0.3 is 10.3 Å². The lowest BCUT2D eigenvalue weighted by molar-refractivity contribution is -0.137. The molecule has 2 aromatic rings. The molecular weight excluding hydrogens is 389 g/mol. The molecule has 128 valence electrons. The summed E-state index contributed by atoms with van der Waals surface area (Å²) in [5.74, 6) is -0.904. The first-order valence-corrected chi connectivity index (χ1v) is 7.81. The molecule has 0 fully saturated rings. The maximum absolute atomic E-state index is 12.5. The van der Waals surface area contributed by atoms with Crippen LogP contribution in [0.5, 0.6) is 0 Å². The highest BCUT2D eigenvalue weighted by molar-refractivity contribution is 9.10. The molecule has 1 heterocycles. The number of amides is 1. The van der Waals surface area contributed by atoms with Gasteiger partial charge in [-0.3, -0.25) is 9.59 Å². The van der Waals surface area contributed by atoms with E-state index in [1.54, 1.807) is 6.92 Å². The van der Waals surface area contributed by atoms with Crippen molar-refractivity contribution in [3.8, 4) is 0 Å². The van der Waals surface area contributed by atoms with Crippen molar-refractivity contribution in [3.63, 3.8) is 0 Å². The van der Waals surface area contributed by atoms with E-state index < -0.39 is 29.1 Å². The number of pyridine rings is 1. The Balaban J connectivity index is 2.03. The zero-order chi connectivity index (χ0) is 17.9. The summed E-state index contributed by atoms with van der Waals surface area (Å²) in [6.07, 6.45) is -2.68. The van der Waals surface area contributed by atoms with Crippen LogP contribution in [0.3, 0.4) is 0 Å². The lowest BCUT2D eigenvalue weighted by Crippen LogP contribution is -2.26. The number of carbonyl (C=O) groups is 1. The highest BCUT2D eigenvalue weighted by Gasteiger charge is 2.30. The van der Waals surface area contributed by atoms with Crippen LogP contribution in [0, 0.1) is 5.92 Å². The topological polar surface area (TPSA) is 62.0 Å². The van der Waals surface area contributed by atoms with E-state index in [4.69, 9.17) is 0 Å². The van der Waals surface area contributed by atoms with Crippen molar-refractivity contribution in [2.45, 2.75) is 19.5 Å². The highest BCUT2D eigenvalue weighted by Crippen LogP contribution is 2.29. The molecule has 2 N–H and O–H groups in total. The molecule has 24 heavy (non-hydrogen) atoms. The Morgan fingerprint density at radius 1 is 1.29 bits per heavy atom. The van der Waals surface area contributed by atoms with Gasteiger partial charge in [0, 0.05) is 16.6 Å². The minimum atomic E-state index is -4.39. The van der Waals surface area contributed by atoms with E-state index in [1.165, 1.54) is 24.4 Å². The number of nitrogens with one attached hydrogen (secondary N) is 2. The van der Waals surface area contributed by atoms with Crippen molar-refractivity contribution in [2.24, 2.45) is 5.92 Å². The fraction of sp³-hybridized carbons (Fsp3) is 0.250. The third-order valence-electron chi connectivity index (χ3n) is 3.40. The highest BCUT2D eigenvalue weighted by atomic mass is 79.9. The van der Waals surface area contributed by atoms with Gasteiger partial charge in [-0.2, -0.15) is 13.2 Å². The minimum absolute atomic E-state index is 0.105. The van der Waals surface area contributed by atoms with E-state index in [0.717, 1.165) is 12.1 Å². The number of rotatable bonds is 4. The van der Waals surface area contributed by atoms with Crippen molar-refractivity contribution >= 4 is 27.5 Å². The number of halogens is 4. The Morgan fingerprint density at radius 3 is 2.50 bits per heavy atom. The van der Waals surface area contributed by atoms with E-state index in [2.05, 4.69) is 26.2 Å². The predicted molar refractivity (Wildman–Crippen MR) is 87.7 cm³/mol. The van der Waals surface area contributed by atoms with Crippen LogP contribution in [0.2, 0.25) is 0 Å². The summed E-state index contributed by atoms with van der Waals surface area (Å²) in [6, 6.07) is 6.14. The molecule has 1 amide bonds. The van der Waals surface area contributed by atoms with Crippen LogP contribution in [0.1, 0.15) is 18.1 Å². The number of carbonyl (C=O) groups excluding carboxylic acids is 1. The molecule has 0 aliphatic carbocycles. The van der Waals surface area contributed by atoms with Gasteiger partial charge in [0.05, 0.1) is 5.56 Å². The summed E-state index contributed by atoms with van der Waals surface area (Å²) in [5, 5.41) is 2.51. The third kappa shape index (κ3) is 4.70. The number of anilines is 1. The number of aromatic nitrogens is 1. The van der Waals surface area contributed by atoms with Gasteiger partial charge in [-0.1, -0.05) is 19.1 Å². The van der Waals surface area contributed by atoms with Crippen LogP contribution < -0.4 is 10.9 Å². The summed E-state index contributed by atoms with van der Waals surface area (Å²) in [5.41, 5.74) is -0.459. The molecular formula is C16H14BrF3N2O2. The molecule has 4 nitrogen and oxygen atoms in total. The molecule has 0 spiro atoms. The summed E-state index contributed by atoms with van der Waals surface area (Å²) in [4.78, 5) is 26.2. The largest absolute Gasteiger partial charge is 0.416 e. The summed E-state index contributed by atoms with van der Waals surface area (Å²) >= 11 is 3.19. The summed E-state index contributed by atoms with van der Waals surface area (Å²) in [6.45, 7) is 1.64. The molecule has 0 aliphatic rings. The second-order valence-electron chi connectivity index (χ2n) is 5.35. The van der Waals surface area contributed by atoms with E-state index >= 15 is 0 Å². The molecule has 0 saturated carbocycles. The standard InChI is InChI=1S/C16H14BrF3N2O2/c1-9(6-10-2-4-11(5-3-10)16(18,19)20)14(23)22-13-7-12(17)8-21-15(13)24/h2-5,7-9H,6H2,1H3,(H,21,24)(H,22,23). The molecule has 1 aromatic carbocycles. The minimum Gasteiger partial charge on any atom is -0.326 e. The fourth-order valence-electron chi connectivity index (χ4n) is 2.08. The van der Waals surface area contributed by atoms with Gasteiger partial charge >= 0.3 is 6.18 Å². The quantitative estimate of drug-likeness (QED) is 0.812. The van der Waals surface area contributed by atoms with Gasteiger partial charge in [-0.25, -0.2) is 0 Å². The maximum atomic E-state index is 12.5. The summed E-state index contributed by atoms with van der Waals surface area (Å²) < 4.78 is 38.2. The average molecular weight is 403 g/mol. The number of H-pyrrole nitrogens is 1. The lowest BCUT2D eigenvalue weighted by atomic mass is 9.99. The zero-order valence-corrected chi connectivity index (χ0v) is 14.2. The molecule has 0 saturated heterocycles. The van der Waals surface area contributed by atoms with Crippen molar-refractivity contribution in [3.05, 3.63) is 62.5 Å². The summed E-state index contributed by atoms with van der Waals surface area (Å²) in [7, 11) is 0. The average Bonchev–Trinajstić information content (AvgIpc) is 2.50. The Hall–Kier alpha value is -2.09. The van der Waals surface area contributed by atoms with Crippen LogP contribution in [-0.4, -0.2) is 10.9 Å². The second kappa shape index (κ2) is 7.21. The monoisotopic (exact) mass is 402 g/mol. The molecule has 0 aliphatic heterocycles. The fourth-order valence-corrected chi connectivity index (χ4v) is 2.43. The van der Waals surface area contributed by atoms with Crippen LogP contribution in [0.15, 0.2) is 45.8 Å². The maximum Gasteiger partial charge on any atom is 0.416 e. The number of alkyl halides is 3. The van der Waals surface area contributed by atoms with Crippen LogP contribution in [0.4, 0.5) is 18.9 Å². The Labute approximate surface area is 144 Å². The van der Waals surface area contributed by atoms with Crippen LogP contribution in [-0.2, 0) is 17.4 Å². The van der Waals surface area contributed by atoms with E-state index in [-0.39, 0.29) is 12.1 Å². The van der Waals surface area contributed by atoms with Crippen molar-refractivity contribution in [1.82, 2.24) is 4.98 Å². The molecule has 8 heteroatoms. The Morgan fingerprint density at radius 2 is 1.92 bits per heavy atom. The van der Waals surface area contributed by atoms with Gasteiger partial charge in [-0.05, 0) is 46.1 Å². The molecule has 2 rings (SSSR count). The second-order valence-corrected chi connectivity index (χ2v) is 6.27. The first-order chi connectivity index (χ1) is 11.2. The smallest absolute Gasteiger partial charge is 0.326 e. The first kappa shape index (κ1) is 18.3. The van der Waals surface area contributed by atoms with E-state index in [0.29, 0.717) is 10.0 Å². The zero-order valence-electron chi connectivity index (χ0n) is 12.6. The normalized spacial score (nSPS) is 12.7. The van der Waals surface area contributed by atoms with E-state index in [9.17, 15) is 22.8 Å². The number of aromatic amines is 1. The van der Waals surface area contributed by atoms with Crippen molar-refractivity contribution < 1.29 is 18.0 Å². The van der Waals surface area contributed by atoms with Crippen molar-refractivity contribution in [2.75, 3.05) is 5.32 Å². The predicted octanol–water partition coefficient (Wildman–Crippen LogP) is 3.97. The van der Waals surface area contributed by atoms with Gasteiger partial charge in [0.2, 0.25) is 5.91 Å².